The van der Waals surface area contributed by atoms with Crippen LogP contribution in [0.3, 0.4) is 0 Å². The molecule has 0 N–H and O–H groups in total. The van der Waals surface area contributed by atoms with Crippen molar-refractivity contribution in [3.8, 4) is 5.75 Å². The Morgan fingerprint density at radius 3 is 2.45 bits per heavy atom. The molecule has 0 aromatic heterocycles. The first-order valence-corrected chi connectivity index (χ1v) is 7.58. The molecule has 0 radical (unpaired) electrons. The summed E-state index contributed by atoms with van der Waals surface area (Å²) in [6, 6.07) is 12.7. The number of likely N-dealkylation sites (N-methyl/N-ethyl adjacent to an activating group) is 1. The van der Waals surface area contributed by atoms with E-state index in [0.29, 0.717) is 22.3 Å². The Hall–Kier alpha value is -1.71. The molecule has 0 unspecified atom stereocenters. The van der Waals surface area contributed by atoms with Gasteiger partial charge in [0.1, 0.15) is 5.75 Å². The van der Waals surface area contributed by atoms with E-state index < -0.39 is 0 Å². The van der Waals surface area contributed by atoms with E-state index >= 15 is 0 Å². The van der Waals surface area contributed by atoms with Crippen LogP contribution in [0.25, 0.3) is 0 Å². The maximum absolute atomic E-state index is 12.1. The average molecular weight is 338 g/mol. The van der Waals surface area contributed by atoms with Crippen molar-refractivity contribution in [1.82, 2.24) is 4.90 Å². The van der Waals surface area contributed by atoms with Crippen LogP contribution in [0.5, 0.6) is 5.75 Å². The molecular weight excluding hydrogens is 321 g/mol. The fourth-order valence-corrected chi connectivity index (χ4v) is 2.16. The standard InChI is InChI=1S/C17H17Cl2NO2/c1-12-9-15(7-8-16(12)19)22-11-17(21)20(2)10-13-3-5-14(18)6-4-13/h3-9H,10-11H2,1-2H3. The summed E-state index contributed by atoms with van der Waals surface area (Å²) in [5.41, 5.74) is 1.93. The van der Waals surface area contributed by atoms with Crippen LogP contribution in [0, 0.1) is 6.92 Å². The first-order chi connectivity index (χ1) is 10.5. The third kappa shape index (κ3) is 4.65. The summed E-state index contributed by atoms with van der Waals surface area (Å²) in [6.07, 6.45) is 0. The van der Waals surface area contributed by atoms with Gasteiger partial charge in [0.25, 0.3) is 5.91 Å². The van der Waals surface area contributed by atoms with Crippen LogP contribution in [0.4, 0.5) is 0 Å². The highest BCUT2D eigenvalue weighted by Crippen LogP contribution is 2.21. The first kappa shape index (κ1) is 16.7. The van der Waals surface area contributed by atoms with Crippen molar-refractivity contribution >= 4 is 29.1 Å². The minimum Gasteiger partial charge on any atom is -0.484 e. The Morgan fingerprint density at radius 2 is 1.82 bits per heavy atom. The van der Waals surface area contributed by atoms with Crippen LogP contribution in [0.2, 0.25) is 10.0 Å². The average Bonchev–Trinajstić information content (AvgIpc) is 2.50. The summed E-state index contributed by atoms with van der Waals surface area (Å²) < 4.78 is 5.51. The van der Waals surface area contributed by atoms with E-state index in [1.807, 2.05) is 37.3 Å². The maximum Gasteiger partial charge on any atom is 0.260 e. The lowest BCUT2D eigenvalue weighted by molar-refractivity contribution is -0.132. The summed E-state index contributed by atoms with van der Waals surface area (Å²) in [5.74, 6) is 0.540. The van der Waals surface area contributed by atoms with Crippen molar-refractivity contribution in [1.29, 1.82) is 0 Å². The molecule has 0 fully saturated rings. The zero-order chi connectivity index (χ0) is 16.1. The van der Waals surface area contributed by atoms with Gasteiger partial charge in [-0.25, -0.2) is 0 Å². The second-order valence-corrected chi connectivity index (χ2v) is 5.92. The molecule has 3 nitrogen and oxygen atoms in total. The lowest BCUT2D eigenvalue weighted by atomic mass is 10.2. The Labute approximate surface area is 140 Å². The number of nitrogens with zero attached hydrogens (tertiary/aromatic N) is 1. The van der Waals surface area contributed by atoms with E-state index in [4.69, 9.17) is 27.9 Å². The molecule has 0 aliphatic rings. The predicted octanol–water partition coefficient (Wildman–Crippen LogP) is 4.34. The molecular formula is C17H17Cl2NO2. The molecule has 0 saturated carbocycles. The van der Waals surface area contributed by atoms with Crippen LogP contribution in [-0.4, -0.2) is 24.5 Å². The molecule has 0 aliphatic heterocycles. The number of hydrogen-bond acceptors (Lipinski definition) is 2. The van der Waals surface area contributed by atoms with Crippen LogP contribution < -0.4 is 4.74 Å². The van der Waals surface area contributed by atoms with Gasteiger partial charge in [0, 0.05) is 23.6 Å². The predicted molar refractivity (Wildman–Crippen MR) is 89.6 cm³/mol. The normalized spacial score (nSPS) is 10.4. The number of halogens is 2. The van der Waals surface area contributed by atoms with E-state index in [-0.39, 0.29) is 12.5 Å². The van der Waals surface area contributed by atoms with Crippen LogP contribution >= 0.6 is 23.2 Å². The number of aryl methyl sites for hydroxylation is 1. The van der Waals surface area contributed by atoms with Gasteiger partial charge in [-0.05, 0) is 48.4 Å². The van der Waals surface area contributed by atoms with Crippen molar-refractivity contribution in [2.75, 3.05) is 13.7 Å². The fourth-order valence-electron chi connectivity index (χ4n) is 1.91. The van der Waals surface area contributed by atoms with Gasteiger partial charge in [0.05, 0.1) is 0 Å². The van der Waals surface area contributed by atoms with Gasteiger partial charge in [-0.3, -0.25) is 4.79 Å². The third-order valence-electron chi connectivity index (χ3n) is 3.25. The van der Waals surface area contributed by atoms with E-state index in [9.17, 15) is 4.79 Å². The quantitative estimate of drug-likeness (QED) is 0.812. The summed E-state index contributed by atoms with van der Waals surface area (Å²) in [5, 5.41) is 1.36. The van der Waals surface area contributed by atoms with Crippen LogP contribution in [-0.2, 0) is 11.3 Å². The molecule has 2 aromatic carbocycles. The summed E-state index contributed by atoms with van der Waals surface area (Å²) in [7, 11) is 1.74. The third-order valence-corrected chi connectivity index (χ3v) is 3.93. The Kier molecular flexibility index (Phi) is 5.69. The van der Waals surface area contributed by atoms with E-state index in [0.717, 1.165) is 11.1 Å². The van der Waals surface area contributed by atoms with Gasteiger partial charge >= 0.3 is 0 Å². The second kappa shape index (κ2) is 7.52. The molecule has 2 aromatic rings. The topological polar surface area (TPSA) is 29.5 Å². The number of carbonyl (C=O) groups is 1. The largest absolute Gasteiger partial charge is 0.484 e. The van der Waals surface area contributed by atoms with E-state index in [1.54, 1.807) is 24.1 Å². The lowest BCUT2D eigenvalue weighted by Gasteiger charge is -2.18. The number of benzene rings is 2. The molecule has 0 bridgehead atoms. The van der Waals surface area contributed by atoms with E-state index in [2.05, 4.69) is 0 Å². The maximum atomic E-state index is 12.1. The highest BCUT2D eigenvalue weighted by atomic mass is 35.5. The highest BCUT2D eigenvalue weighted by molar-refractivity contribution is 6.31. The molecule has 0 saturated heterocycles. The number of rotatable bonds is 5. The number of hydrogen-bond donors (Lipinski definition) is 0. The summed E-state index contributed by atoms with van der Waals surface area (Å²) >= 11 is 11.8. The summed E-state index contributed by atoms with van der Waals surface area (Å²) in [6.45, 7) is 2.40. The van der Waals surface area contributed by atoms with Crippen molar-refractivity contribution < 1.29 is 9.53 Å². The molecule has 1 amide bonds. The minimum absolute atomic E-state index is 0.00877. The van der Waals surface area contributed by atoms with Gasteiger partial charge in [-0.15, -0.1) is 0 Å². The van der Waals surface area contributed by atoms with Crippen molar-refractivity contribution in [3.63, 3.8) is 0 Å². The van der Waals surface area contributed by atoms with Crippen molar-refractivity contribution in [3.05, 3.63) is 63.6 Å². The minimum atomic E-state index is -0.0949. The molecule has 0 aliphatic carbocycles. The molecule has 2 rings (SSSR count). The number of carbonyl (C=O) groups excluding carboxylic acids is 1. The van der Waals surface area contributed by atoms with Crippen molar-refractivity contribution in [2.45, 2.75) is 13.5 Å². The lowest BCUT2D eigenvalue weighted by Crippen LogP contribution is -2.30. The Morgan fingerprint density at radius 1 is 1.14 bits per heavy atom. The van der Waals surface area contributed by atoms with Gasteiger partial charge in [-0.2, -0.15) is 0 Å². The van der Waals surface area contributed by atoms with E-state index in [1.165, 1.54) is 0 Å². The van der Waals surface area contributed by atoms with Gasteiger partial charge in [0.2, 0.25) is 0 Å². The Balaban J connectivity index is 1.88. The van der Waals surface area contributed by atoms with Crippen LogP contribution in [0.1, 0.15) is 11.1 Å². The molecule has 22 heavy (non-hydrogen) atoms. The van der Waals surface area contributed by atoms with Crippen molar-refractivity contribution in [2.24, 2.45) is 0 Å². The van der Waals surface area contributed by atoms with Crippen LogP contribution in [0.15, 0.2) is 42.5 Å². The van der Waals surface area contributed by atoms with Gasteiger partial charge in [-0.1, -0.05) is 35.3 Å². The second-order valence-electron chi connectivity index (χ2n) is 5.08. The zero-order valence-corrected chi connectivity index (χ0v) is 14.0. The Bertz CT molecular complexity index is 656. The summed E-state index contributed by atoms with van der Waals surface area (Å²) in [4.78, 5) is 13.7. The smallest absolute Gasteiger partial charge is 0.260 e. The molecule has 0 atom stereocenters. The fraction of sp³-hybridized carbons (Fsp3) is 0.235. The van der Waals surface area contributed by atoms with Gasteiger partial charge < -0.3 is 9.64 Å². The monoisotopic (exact) mass is 337 g/mol. The zero-order valence-electron chi connectivity index (χ0n) is 12.5. The SMILES string of the molecule is Cc1cc(OCC(=O)N(C)Cc2ccc(Cl)cc2)ccc1Cl. The molecule has 116 valence electrons. The van der Waals surface area contributed by atoms with Gasteiger partial charge in [0.15, 0.2) is 6.61 Å². The number of amides is 1. The molecule has 0 spiro atoms. The number of ether oxygens (including phenoxy) is 1. The molecule has 0 heterocycles. The first-order valence-electron chi connectivity index (χ1n) is 6.83. The molecule has 5 heteroatoms. The highest BCUT2D eigenvalue weighted by Gasteiger charge is 2.10.